The van der Waals surface area contributed by atoms with E-state index in [1.54, 1.807) is 11.1 Å². The molecule has 0 amide bonds. The zero-order chi connectivity index (χ0) is 12.8. The highest BCUT2D eigenvalue weighted by Gasteiger charge is 2.32. The first-order chi connectivity index (χ1) is 8.79. The molecule has 0 aromatic heterocycles. The van der Waals surface area contributed by atoms with E-state index in [0.717, 1.165) is 6.54 Å². The largest absolute Gasteiger partial charge is 0.330 e. The minimum absolute atomic E-state index is 0.391. The van der Waals surface area contributed by atoms with Crippen molar-refractivity contribution in [3.05, 3.63) is 35.4 Å². The van der Waals surface area contributed by atoms with Crippen LogP contribution in [-0.4, -0.2) is 6.54 Å². The van der Waals surface area contributed by atoms with Crippen LogP contribution >= 0.6 is 0 Å². The first-order valence-electron chi connectivity index (χ1n) is 7.56. The molecule has 1 aromatic rings. The van der Waals surface area contributed by atoms with Crippen LogP contribution in [0.3, 0.4) is 0 Å². The molecule has 0 spiro atoms. The van der Waals surface area contributed by atoms with Gasteiger partial charge in [0.15, 0.2) is 0 Å². The molecule has 1 aliphatic carbocycles. The molecule has 2 N–H and O–H groups in total. The predicted octanol–water partition coefficient (Wildman–Crippen LogP) is 4.09. The van der Waals surface area contributed by atoms with Crippen molar-refractivity contribution in [3.63, 3.8) is 0 Å². The lowest BCUT2D eigenvalue weighted by Crippen LogP contribution is -2.36. The van der Waals surface area contributed by atoms with E-state index in [4.69, 9.17) is 5.73 Å². The average Bonchev–Trinajstić information content (AvgIpc) is 2.43. The summed E-state index contributed by atoms with van der Waals surface area (Å²) >= 11 is 0. The Morgan fingerprint density at radius 2 is 1.89 bits per heavy atom. The number of hydrogen-bond acceptors (Lipinski definition) is 1. The molecule has 1 aromatic carbocycles. The highest BCUT2D eigenvalue weighted by atomic mass is 14.6. The number of rotatable bonds is 6. The topological polar surface area (TPSA) is 26.0 Å². The van der Waals surface area contributed by atoms with E-state index in [0.29, 0.717) is 5.41 Å². The molecule has 1 nitrogen and oxygen atoms in total. The van der Waals surface area contributed by atoms with Gasteiger partial charge in [-0.3, -0.25) is 0 Å². The molecule has 0 saturated heterocycles. The normalized spacial score (nSPS) is 22.8. The standard InChI is InChI=1S/C17H27N/c1-2-3-4-7-11-17(14-18)12-10-15-8-5-6-9-16(15)13-17/h5-6,8-9H,2-4,7,10-14,18H2,1H3. The highest BCUT2D eigenvalue weighted by molar-refractivity contribution is 5.31. The highest BCUT2D eigenvalue weighted by Crippen LogP contribution is 2.38. The van der Waals surface area contributed by atoms with Gasteiger partial charge in [0.25, 0.3) is 0 Å². The number of unbranched alkanes of at least 4 members (excludes halogenated alkanes) is 3. The lowest BCUT2D eigenvalue weighted by atomic mass is 9.69. The first kappa shape index (κ1) is 13.6. The second-order valence-corrected chi connectivity index (χ2v) is 5.96. The van der Waals surface area contributed by atoms with E-state index in [2.05, 4.69) is 31.2 Å². The number of nitrogens with two attached hydrogens (primary N) is 1. The zero-order valence-corrected chi connectivity index (χ0v) is 11.8. The summed E-state index contributed by atoms with van der Waals surface area (Å²) in [7, 11) is 0. The Kier molecular flexibility index (Phi) is 4.82. The Bertz CT molecular complexity index is 372. The van der Waals surface area contributed by atoms with Gasteiger partial charge in [0, 0.05) is 0 Å². The third-order valence-electron chi connectivity index (χ3n) is 4.60. The fraction of sp³-hybridized carbons (Fsp3) is 0.647. The van der Waals surface area contributed by atoms with Crippen LogP contribution in [0.2, 0.25) is 0 Å². The van der Waals surface area contributed by atoms with Crippen molar-refractivity contribution in [1.29, 1.82) is 0 Å². The Balaban J connectivity index is 1.98. The van der Waals surface area contributed by atoms with Crippen molar-refractivity contribution in [1.82, 2.24) is 0 Å². The van der Waals surface area contributed by atoms with E-state index < -0.39 is 0 Å². The van der Waals surface area contributed by atoms with Gasteiger partial charge in [-0.1, -0.05) is 56.9 Å². The van der Waals surface area contributed by atoms with Crippen LogP contribution in [0.4, 0.5) is 0 Å². The van der Waals surface area contributed by atoms with Crippen molar-refractivity contribution in [2.45, 2.75) is 58.3 Å². The van der Waals surface area contributed by atoms with E-state index >= 15 is 0 Å². The molecule has 100 valence electrons. The quantitative estimate of drug-likeness (QED) is 0.751. The minimum Gasteiger partial charge on any atom is -0.330 e. The molecule has 1 atom stereocenters. The Hall–Kier alpha value is -0.820. The maximum absolute atomic E-state index is 6.11. The number of fused-ring (bicyclic) bond motifs is 1. The second-order valence-electron chi connectivity index (χ2n) is 5.96. The molecule has 0 fully saturated rings. The first-order valence-corrected chi connectivity index (χ1v) is 7.56. The summed E-state index contributed by atoms with van der Waals surface area (Å²) in [6.07, 6.45) is 10.4. The van der Waals surface area contributed by atoms with Gasteiger partial charge >= 0.3 is 0 Å². The van der Waals surface area contributed by atoms with Gasteiger partial charge in [0.05, 0.1) is 0 Å². The third kappa shape index (κ3) is 3.14. The van der Waals surface area contributed by atoms with Gasteiger partial charge < -0.3 is 5.73 Å². The van der Waals surface area contributed by atoms with Crippen molar-refractivity contribution in [2.24, 2.45) is 11.1 Å². The smallest absolute Gasteiger partial charge is 0.00172 e. The molecular formula is C17H27N. The van der Waals surface area contributed by atoms with Crippen molar-refractivity contribution >= 4 is 0 Å². The summed E-state index contributed by atoms with van der Waals surface area (Å²) in [4.78, 5) is 0. The van der Waals surface area contributed by atoms with Gasteiger partial charge in [-0.25, -0.2) is 0 Å². The molecule has 1 aliphatic rings. The van der Waals surface area contributed by atoms with Gasteiger partial charge in [0.1, 0.15) is 0 Å². The van der Waals surface area contributed by atoms with Crippen LogP contribution in [-0.2, 0) is 12.8 Å². The van der Waals surface area contributed by atoms with Gasteiger partial charge in [0.2, 0.25) is 0 Å². The Labute approximate surface area is 112 Å². The molecule has 0 aliphatic heterocycles. The molecule has 1 unspecified atom stereocenters. The fourth-order valence-electron chi connectivity index (χ4n) is 3.28. The van der Waals surface area contributed by atoms with Gasteiger partial charge in [-0.15, -0.1) is 0 Å². The van der Waals surface area contributed by atoms with Crippen LogP contribution < -0.4 is 5.73 Å². The average molecular weight is 245 g/mol. The van der Waals surface area contributed by atoms with Gasteiger partial charge in [-0.2, -0.15) is 0 Å². The second kappa shape index (κ2) is 6.38. The zero-order valence-electron chi connectivity index (χ0n) is 11.8. The lowest BCUT2D eigenvalue weighted by molar-refractivity contribution is 0.226. The minimum atomic E-state index is 0.391. The lowest BCUT2D eigenvalue weighted by Gasteiger charge is -2.37. The van der Waals surface area contributed by atoms with Crippen molar-refractivity contribution in [3.8, 4) is 0 Å². The Morgan fingerprint density at radius 1 is 1.11 bits per heavy atom. The molecule has 2 rings (SSSR count). The summed E-state index contributed by atoms with van der Waals surface area (Å²) in [6, 6.07) is 8.91. The predicted molar refractivity (Wildman–Crippen MR) is 78.7 cm³/mol. The van der Waals surface area contributed by atoms with Crippen LogP contribution in [0.5, 0.6) is 0 Å². The summed E-state index contributed by atoms with van der Waals surface area (Å²) in [6.45, 7) is 3.13. The summed E-state index contributed by atoms with van der Waals surface area (Å²) in [5, 5.41) is 0. The molecule has 18 heavy (non-hydrogen) atoms. The molecule has 1 heteroatoms. The fourth-order valence-corrected chi connectivity index (χ4v) is 3.28. The number of benzene rings is 1. The SMILES string of the molecule is CCCCCCC1(CN)CCc2ccccc2C1. The van der Waals surface area contributed by atoms with E-state index in [1.165, 1.54) is 51.4 Å². The van der Waals surface area contributed by atoms with Crippen LogP contribution in [0.15, 0.2) is 24.3 Å². The van der Waals surface area contributed by atoms with Gasteiger partial charge in [-0.05, 0) is 48.8 Å². The van der Waals surface area contributed by atoms with Crippen LogP contribution in [0.25, 0.3) is 0 Å². The van der Waals surface area contributed by atoms with Crippen LogP contribution in [0, 0.1) is 5.41 Å². The molecule has 0 saturated carbocycles. The van der Waals surface area contributed by atoms with E-state index in [9.17, 15) is 0 Å². The number of aryl methyl sites for hydroxylation is 1. The maximum atomic E-state index is 6.11. The Morgan fingerprint density at radius 3 is 2.61 bits per heavy atom. The maximum Gasteiger partial charge on any atom is -0.00172 e. The van der Waals surface area contributed by atoms with E-state index in [1.807, 2.05) is 0 Å². The van der Waals surface area contributed by atoms with Crippen molar-refractivity contribution < 1.29 is 0 Å². The summed E-state index contributed by atoms with van der Waals surface area (Å²) < 4.78 is 0. The van der Waals surface area contributed by atoms with Crippen LogP contribution in [0.1, 0.15) is 56.6 Å². The monoisotopic (exact) mass is 245 g/mol. The molecule has 0 radical (unpaired) electrons. The molecular weight excluding hydrogens is 218 g/mol. The third-order valence-corrected chi connectivity index (χ3v) is 4.60. The van der Waals surface area contributed by atoms with Crippen molar-refractivity contribution in [2.75, 3.05) is 6.54 Å². The number of hydrogen-bond donors (Lipinski definition) is 1. The van der Waals surface area contributed by atoms with E-state index in [-0.39, 0.29) is 0 Å². The summed E-state index contributed by atoms with van der Waals surface area (Å²) in [5.41, 5.74) is 9.60. The molecule has 0 heterocycles. The summed E-state index contributed by atoms with van der Waals surface area (Å²) in [5.74, 6) is 0. The molecule has 0 bridgehead atoms.